The van der Waals surface area contributed by atoms with Crippen molar-refractivity contribution in [1.82, 2.24) is 5.32 Å². The highest BCUT2D eigenvalue weighted by Gasteiger charge is 2.14. The fraction of sp³-hybridized carbons (Fsp3) is 0.250. The lowest BCUT2D eigenvalue weighted by Crippen LogP contribution is -2.30. The Labute approximate surface area is 127 Å². The van der Waals surface area contributed by atoms with Crippen molar-refractivity contribution in [3.63, 3.8) is 0 Å². The van der Waals surface area contributed by atoms with E-state index in [1.165, 1.54) is 18.4 Å². The molecule has 0 radical (unpaired) electrons. The molecule has 2 aromatic rings. The van der Waals surface area contributed by atoms with Crippen molar-refractivity contribution in [2.75, 3.05) is 6.61 Å². The van der Waals surface area contributed by atoms with Crippen molar-refractivity contribution >= 4 is 11.9 Å². The van der Waals surface area contributed by atoms with Crippen LogP contribution in [0.1, 0.15) is 34.6 Å². The lowest BCUT2D eigenvalue weighted by Gasteiger charge is -2.11. The second-order valence-corrected chi connectivity index (χ2v) is 4.74. The number of benzene rings is 1. The Kier molecular flexibility index (Phi) is 5.32. The van der Waals surface area contributed by atoms with Gasteiger partial charge in [0.25, 0.3) is 5.91 Å². The van der Waals surface area contributed by atoms with Gasteiger partial charge in [-0.05, 0) is 36.8 Å². The van der Waals surface area contributed by atoms with Gasteiger partial charge in [0.2, 0.25) is 0 Å². The fourth-order valence-electron chi connectivity index (χ4n) is 1.85. The number of esters is 1. The van der Waals surface area contributed by atoms with Crippen LogP contribution in [-0.4, -0.2) is 23.6 Å². The molecule has 2 N–H and O–H groups in total. The number of furan rings is 1. The van der Waals surface area contributed by atoms with Crippen molar-refractivity contribution in [1.29, 1.82) is 0 Å². The van der Waals surface area contributed by atoms with Crippen LogP contribution < -0.4 is 5.32 Å². The predicted octanol–water partition coefficient (Wildman–Crippen LogP) is 1.81. The molecule has 6 nitrogen and oxygen atoms in total. The van der Waals surface area contributed by atoms with Crippen LogP contribution in [0.4, 0.5) is 0 Å². The van der Waals surface area contributed by atoms with Crippen LogP contribution in [0.5, 0.6) is 0 Å². The SMILES string of the molecule is C[C@H](NC(=O)COC(=O)c1ccc(CO)cc1)c1ccco1. The second-order valence-electron chi connectivity index (χ2n) is 4.74. The summed E-state index contributed by atoms with van der Waals surface area (Å²) in [7, 11) is 0. The molecule has 0 aliphatic rings. The first kappa shape index (κ1) is 15.8. The summed E-state index contributed by atoms with van der Waals surface area (Å²) in [4.78, 5) is 23.5. The average molecular weight is 303 g/mol. The van der Waals surface area contributed by atoms with E-state index in [1.807, 2.05) is 0 Å². The molecule has 1 amide bonds. The van der Waals surface area contributed by atoms with Gasteiger partial charge in [-0.1, -0.05) is 12.1 Å². The monoisotopic (exact) mass is 303 g/mol. The van der Waals surface area contributed by atoms with E-state index >= 15 is 0 Å². The van der Waals surface area contributed by atoms with Crippen LogP contribution in [-0.2, 0) is 16.1 Å². The van der Waals surface area contributed by atoms with E-state index in [2.05, 4.69) is 5.32 Å². The molecule has 0 fully saturated rings. The number of hydrogen-bond donors (Lipinski definition) is 2. The predicted molar refractivity (Wildman–Crippen MR) is 77.9 cm³/mol. The van der Waals surface area contributed by atoms with Crippen molar-refractivity contribution in [2.45, 2.75) is 19.6 Å². The number of carbonyl (C=O) groups is 2. The number of hydrogen-bond acceptors (Lipinski definition) is 5. The molecule has 1 aromatic heterocycles. The lowest BCUT2D eigenvalue weighted by atomic mass is 10.1. The molecule has 6 heteroatoms. The number of amides is 1. The molecule has 0 aliphatic heterocycles. The minimum Gasteiger partial charge on any atom is -0.467 e. The normalized spacial score (nSPS) is 11.7. The number of carbonyl (C=O) groups excluding carboxylic acids is 2. The maximum atomic E-state index is 11.8. The van der Waals surface area contributed by atoms with Gasteiger partial charge in [-0.3, -0.25) is 4.79 Å². The van der Waals surface area contributed by atoms with Crippen molar-refractivity contribution in [3.05, 3.63) is 59.5 Å². The summed E-state index contributed by atoms with van der Waals surface area (Å²) in [5.74, 6) is -0.381. The Morgan fingerprint density at radius 1 is 1.27 bits per heavy atom. The smallest absolute Gasteiger partial charge is 0.338 e. The van der Waals surface area contributed by atoms with Gasteiger partial charge in [0.1, 0.15) is 5.76 Å². The molecular weight excluding hydrogens is 286 g/mol. The molecule has 116 valence electrons. The van der Waals surface area contributed by atoms with Gasteiger partial charge in [-0.15, -0.1) is 0 Å². The Morgan fingerprint density at radius 2 is 2.00 bits per heavy atom. The maximum absolute atomic E-state index is 11.8. The van der Waals surface area contributed by atoms with Crippen molar-refractivity contribution in [2.24, 2.45) is 0 Å². The summed E-state index contributed by atoms with van der Waals surface area (Å²) >= 11 is 0. The van der Waals surface area contributed by atoms with Crippen LogP contribution in [0, 0.1) is 0 Å². The number of aliphatic hydroxyl groups is 1. The van der Waals surface area contributed by atoms with E-state index in [-0.39, 0.29) is 19.3 Å². The van der Waals surface area contributed by atoms with Crippen LogP contribution in [0.25, 0.3) is 0 Å². The number of ether oxygens (including phenoxy) is 1. The maximum Gasteiger partial charge on any atom is 0.338 e. The quantitative estimate of drug-likeness (QED) is 0.794. The molecule has 0 bridgehead atoms. The van der Waals surface area contributed by atoms with E-state index < -0.39 is 11.9 Å². The van der Waals surface area contributed by atoms with E-state index in [1.54, 1.807) is 31.2 Å². The van der Waals surface area contributed by atoms with Crippen LogP contribution in [0.2, 0.25) is 0 Å². The zero-order chi connectivity index (χ0) is 15.9. The van der Waals surface area contributed by atoms with Crippen LogP contribution in [0.3, 0.4) is 0 Å². The topological polar surface area (TPSA) is 88.8 Å². The highest BCUT2D eigenvalue weighted by atomic mass is 16.5. The third-order valence-electron chi connectivity index (χ3n) is 3.05. The molecule has 0 saturated carbocycles. The zero-order valence-electron chi connectivity index (χ0n) is 12.1. The molecule has 0 spiro atoms. The van der Waals surface area contributed by atoms with Gasteiger partial charge in [-0.2, -0.15) is 0 Å². The number of nitrogens with one attached hydrogen (secondary N) is 1. The van der Waals surface area contributed by atoms with Gasteiger partial charge in [0, 0.05) is 0 Å². The number of rotatable bonds is 6. The van der Waals surface area contributed by atoms with Gasteiger partial charge in [0.15, 0.2) is 6.61 Å². The molecule has 0 aliphatic carbocycles. The highest BCUT2D eigenvalue weighted by molar-refractivity contribution is 5.91. The molecule has 1 heterocycles. The summed E-state index contributed by atoms with van der Waals surface area (Å²) in [6.45, 7) is 1.31. The molecule has 2 rings (SSSR count). The molecule has 0 saturated heterocycles. The molecule has 1 atom stereocenters. The van der Waals surface area contributed by atoms with E-state index in [9.17, 15) is 9.59 Å². The summed E-state index contributed by atoms with van der Waals surface area (Å²) in [6, 6.07) is 9.50. The minimum atomic E-state index is -0.592. The third-order valence-corrected chi connectivity index (χ3v) is 3.05. The Balaban J connectivity index is 1.81. The van der Waals surface area contributed by atoms with Gasteiger partial charge < -0.3 is 19.6 Å². The first-order valence-corrected chi connectivity index (χ1v) is 6.80. The Bertz CT molecular complexity index is 618. The fourth-order valence-corrected chi connectivity index (χ4v) is 1.85. The molecule has 1 aromatic carbocycles. The van der Waals surface area contributed by atoms with Gasteiger partial charge in [0.05, 0.1) is 24.5 Å². The highest BCUT2D eigenvalue weighted by Crippen LogP contribution is 2.12. The average Bonchev–Trinajstić information content (AvgIpc) is 3.07. The molecule has 0 unspecified atom stereocenters. The van der Waals surface area contributed by atoms with Crippen molar-refractivity contribution in [3.8, 4) is 0 Å². The Hall–Kier alpha value is -2.60. The minimum absolute atomic E-state index is 0.0948. The molecular formula is C16H17NO5. The lowest BCUT2D eigenvalue weighted by molar-refractivity contribution is -0.125. The summed E-state index contributed by atoms with van der Waals surface area (Å²) in [6.07, 6.45) is 1.52. The van der Waals surface area contributed by atoms with E-state index in [4.69, 9.17) is 14.3 Å². The summed E-state index contributed by atoms with van der Waals surface area (Å²) < 4.78 is 10.1. The first-order chi connectivity index (χ1) is 10.6. The zero-order valence-corrected chi connectivity index (χ0v) is 12.1. The van der Waals surface area contributed by atoms with E-state index in [0.29, 0.717) is 16.9 Å². The third kappa shape index (κ3) is 4.20. The van der Waals surface area contributed by atoms with Crippen molar-refractivity contribution < 1.29 is 23.8 Å². The first-order valence-electron chi connectivity index (χ1n) is 6.80. The summed E-state index contributed by atoms with van der Waals surface area (Å²) in [5.41, 5.74) is 1.02. The van der Waals surface area contributed by atoms with Crippen LogP contribution in [0.15, 0.2) is 47.1 Å². The standard InChI is InChI=1S/C16H17NO5/c1-11(14-3-2-8-21-14)17-15(19)10-22-16(20)13-6-4-12(9-18)5-7-13/h2-8,11,18H,9-10H2,1H3,(H,17,19)/t11-/m0/s1. The second kappa shape index (κ2) is 7.42. The molecule has 22 heavy (non-hydrogen) atoms. The van der Waals surface area contributed by atoms with E-state index in [0.717, 1.165) is 0 Å². The number of aliphatic hydroxyl groups excluding tert-OH is 1. The largest absolute Gasteiger partial charge is 0.467 e. The van der Waals surface area contributed by atoms with Gasteiger partial charge >= 0.3 is 5.97 Å². The summed E-state index contributed by atoms with van der Waals surface area (Å²) in [5, 5.41) is 11.6. The Morgan fingerprint density at radius 3 is 2.59 bits per heavy atom. The van der Waals surface area contributed by atoms with Gasteiger partial charge in [-0.25, -0.2) is 4.79 Å². The van der Waals surface area contributed by atoms with Crippen LogP contribution >= 0.6 is 0 Å².